The van der Waals surface area contributed by atoms with Gasteiger partial charge in [0.2, 0.25) is 5.91 Å². The number of hydrogen-bond donors (Lipinski definition) is 1. The maximum atomic E-state index is 12.5. The first-order valence-corrected chi connectivity index (χ1v) is 9.50. The number of nitrogens with zero attached hydrogens (tertiary/aromatic N) is 1. The van der Waals surface area contributed by atoms with Crippen LogP contribution in [0.2, 0.25) is 0 Å². The Morgan fingerprint density at radius 3 is 2.46 bits per heavy atom. The predicted octanol–water partition coefficient (Wildman–Crippen LogP) is 3.69. The highest BCUT2D eigenvalue weighted by atomic mass is 16.5. The molecule has 2 aromatic rings. The molecule has 0 saturated heterocycles. The molecule has 5 heteroatoms. The molecule has 28 heavy (non-hydrogen) atoms. The summed E-state index contributed by atoms with van der Waals surface area (Å²) in [5, 5.41) is 2.96. The quantitative estimate of drug-likeness (QED) is 0.672. The van der Waals surface area contributed by atoms with E-state index in [0.29, 0.717) is 12.1 Å². The van der Waals surface area contributed by atoms with Crippen LogP contribution >= 0.6 is 0 Å². The number of amides is 1. The molecule has 0 heterocycles. The normalized spacial score (nSPS) is 11.9. The van der Waals surface area contributed by atoms with Crippen LogP contribution in [0.5, 0.6) is 5.75 Å². The van der Waals surface area contributed by atoms with Crippen molar-refractivity contribution in [3.05, 3.63) is 64.7 Å². The molecule has 0 aromatic heterocycles. The van der Waals surface area contributed by atoms with E-state index < -0.39 is 0 Å². The SMILES string of the molecule is COc1ccccc1C(CNC(=O)CCC(=O)c1cc(C)ccc1C)N(C)C. The fourth-order valence-corrected chi connectivity index (χ4v) is 3.21. The van der Waals surface area contributed by atoms with Crippen LogP contribution in [-0.4, -0.2) is 44.3 Å². The molecular weight excluding hydrogens is 352 g/mol. The first kappa shape index (κ1) is 21.6. The van der Waals surface area contributed by atoms with Gasteiger partial charge in [-0.15, -0.1) is 0 Å². The minimum absolute atomic E-state index is 0.00485. The molecule has 0 saturated carbocycles. The topological polar surface area (TPSA) is 58.6 Å². The van der Waals surface area contributed by atoms with E-state index in [9.17, 15) is 9.59 Å². The molecule has 0 spiro atoms. The van der Waals surface area contributed by atoms with Crippen molar-refractivity contribution in [1.29, 1.82) is 0 Å². The van der Waals surface area contributed by atoms with Gasteiger partial charge >= 0.3 is 0 Å². The number of rotatable bonds is 9. The third-order valence-electron chi connectivity index (χ3n) is 4.89. The number of carbonyl (C=O) groups excluding carboxylic acids is 2. The molecule has 0 radical (unpaired) electrons. The molecule has 1 atom stereocenters. The van der Waals surface area contributed by atoms with Crippen molar-refractivity contribution in [3.8, 4) is 5.75 Å². The number of ether oxygens (including phenoxy) is 1. The van der Waals surface area contributed by atoms with E-state index in [0.717, 1.165) is 22.4 Å². The maximum absolute atomic E-state index is 12.5. The molecule has 0 aliphatic rings. The fraction of sp³-hybridized carbons (Fsp3) is 0.391. The molecular formula is C23H30N2O3. The third kappa shape index (κ3) is 5.67. The van der Waals surface area contributed by atoms with Gasteiger partial charge in [0.05, 0.1) is 13.2 Å². The molecule has 0 aliphatic heterocycles. The molecule has 1 unspecified atom stereocenters. The summed E-state index contributed by atoms with van der Waals surface area (Å²) in [6.07, 6.45) is 0.385. The average molecular weight is 383 g/mol. The molecule has 5 nitrogen and oxygen atoms in total. The van der Waals surface area contributed by atoms with Crippen LogP contribution in [-0.2, 0) is 4.79 Å². The first-order valence-electron chi connectivity index (χ1n) is 9.50. The maximum Gasteiger partial charge on any atom is 0.220 e. The highest BCUT2D eigenvalue weighted by Crippen LogP contribution is 2.27. The number of Topliss-reactive ketones (excluding diaryl/α,β-unsaturated/α-hetero) is 1. The molecule has 1 amide bonds. The highest BCUT2D eigenvalue weighted by Gasteiger charge is 2.19. The van der Waals surface area contributed by atoms with Crippen LogP contribution in [0.25, 0.3) is 0 Å². The fourth-order valence-electron chi connectivity index (χ4n) is 3.21. The summed E-state index contributed by atoms with van der Waals surface area (Å²) in [4.78, 5) is 26.8. The summed E-state index contributed by atoms with van der Waals surface area (Å²) in [6, 6.07) is 13.6. The zero-order valence-electron chi connectivity index (χ0n) is 17.4. The van der Waals surface area contributed by atoms with E-state index in [-0.39, 0.29) is 30.6 Å². The smallest absolute Gasteiger partial charge is 0.220 e. The Labute approximate surface area is 167 Å². The Kier molecular flexibility index (Phi) is 7.76. The van der Waals surface area contributed by atoms with Crippen molar-refractivity contribution >= 4 is 11.7 Å². The Balaban J connectivity index is 1.94. The standard InChI is InChI=1S/C23H30N2O3/c1-16-10-11-17(2)19(14-16)21(26)12-13-23(27)24-15-20(25(3)4)18-8-6-7-9-22(18)28-5/h6-11,14,20H,12-13,15H2,1-5H3,(H,24,27). The number of benzene rings is 2. The van der Waals surface area contributed by atoms with Crippen molar-refractivity contribution in [1.82, 2.24) is 10.2 Å². The van der Waals surface area contributed by atoms with Crippen LogP contribution in [0, 0.1) is 13.8 Å². The molecule has 2 aromatic carbocycles. The van der Waals surface area contributed by atoms with E-state index >= 15 is 0 Å². The van der Waals surface area contributed by atoms with Gasteiger partial charge in [-0.25, -0.2) is 0 Å². The van der Waals surface area contributed by atoms with Crippen LogP contribution in [0.1, 0.15) is 45.9 Å². The number of ketones is 1. The first-order chi connectivity index (χ1) is 13.3. The van der Waals surface area contributed by atoms with Gasteiger partial charge in [-0.2, -0.15) is 0 Å². The van der Waals surface area contributed by atoms with Gasteiger partial charge in [-0.3, -0.25) is 9.59 Å². The van der Waals surface area contributed by atoms with E-state index in [1.165, 1.54) is 0 Å². The second kappa shape index (κ2) is 10.0. The largest absolute Gasteiger partial charge is 0.496 e. The average Bonchev–Trinajstić information content (AvgIpc) is 2.68. The molecule has 2 rings (SSSR count). The molecule has 0 fully saturated rings. The van der Waals surface area contributed by atoms with E-state index in [2.05, 4.69) is 5.32 Å². The van der Waals surface area contributed by atoms with Crippen molar-refractivity contribution in [2.45, 2.75) is 32.7 Å². The molecule has 0 aliphatic carbocycles. The number of nitrogens with one attached hydrogen (secondary N) is 1. The Bertz CT molecular complexity index is 830. The van der Waals surface area contributed by atoms with Crippen molar-refractivity contribution < 1.29 is 14.3 Å². The lowest BCUT2D eigenvalue weighted by molar-refractivity contribution is -0.121. The summed E-state index contributed by atoms with van der Waals surface area (Å²) in [6.45, 7) is 4.33. The molecule has 150 valence electrons. The van der Waals surface area contributed by atoms with Gasteiger partial charge in [0.1, 0.15) is 5.75 Å². The second-order valence-corrected chi connectivity index (χ2v) is 7.27. The predicted molar refractivity (Wildman–Crippen MR) is 112 cm³/mol. The van der Waals surface area contributed by atoms with Gasteiger partial charge in [-0.05, 0) is 45.6 Å². The zero-order valence-corrected chi connectivity index (χ0v) is 17.4. The number of para-hydroxylation sites is 1. The van der Waals surface area contributed by atoms with Gasteiger partial charge in [-0.1, -0.05) is 35.9 Å². The minimum Gasteiger partial charge on any atom is -0.496 e. The zero-order chi connectivity index (χ0) is 20.7. The van der Waals surface area contributed by atoms with E-state index in [4.69, 9.17) is 4.74 Å². The molecule has 1 N–H and O–H groups in total. The van der Waals surface area contributed by atoms with Crippen LogP contribution in [0.3, 0.4) is 0 Å². The van der Waals surface area contributed by atoms with Crippen LogP contribution < -0.4 is 10.1 Å². The van der Waals surface area contributed by atoms with Crippen molar-refractivity contribution in [2.24, 2.45) is 0 Å². The monoisotopic (exact) mass is 382 g/mol. The lowest BCUT2D eigenvalue weighted by atomic mass is 9.99. The highest BCUT2D eigenvalue weighted by molar-refractivity contribution is 5.99. The van der Waals surface area contributed by atoms with E-state index in [1.807, 2.05) is 75.3 Å². The number of carbonyl (C=O) groups is 2. The van der Waals surface area contributed by atoms with Crippen LogP contribution in [0.4, 0.5) is 0 Å². The number of methoxy groups -OCH3 is 1. The summed E-state index contributed by atoms with van der Waals surface area (Å²) in [5.74, 6) is 0.672. The number of aryl methyl sites for hydroxylation is 2. The third-order valence-corrected chi connectivity index (χ3v) is 4.89. The summed E-state index contributed by atoms with van der Waals surface area (Å²) in [7, 11) is 5.57. The van der Waals surface area contributed by atoms with Crippen molar-refractivity contribution in [3.63, 3.8) is 0 Å². The second-order valence-electron chi connectivity index (χ2n) is 7.27. The van der Waals surface area contributed by atoms with Crippen molar-refractivity contribution in [2.75, 3.05) is 27.7 Å². The minimum atomic E-state index is -0.125. The Morgan fingerprint density at radius 2 is 1.79 bits per heavy atom. The lowest BCUT2D eigenvalue weighted by Gasteiger charge is -2.26. The van der Waals surface area contributed by atoms with Gasteiger partial charge < -0.3 is 15.0 Å². The lowest BCUT2D eigenvalue weighted by Crippen LogP contribution is -2.34. The molecule has 0 bridgehead atoms. The van der Waals surface area contributed by atoms with E-state index in [1.54, 1.807) is 7.11 Å². The summed E-state index contributed by atoms with van der Waals surface area (Å²) in [5.41, 5.74) is 3.71. The Morgan fingerprint density at radius 1 is 1.07 bits per heavy atom. The number of likely N-dealkylation sites (N-methyl/N-ethyl adjacent to an activating group) is 1. The summed E-state index contributed by atoms with van der Waals surface area (Å²) < 4.78 is 5.45. The van der Waals surface area contributed by atoms with Gasteiger partial charge in [0, 0.05) is 30.5 Å². The van der Waals surface area contributed by atoms with Crippen LogP contribution in [0.15, 0.2) is 42.5 Å². The van der Waals surface area contributed by atoms with Gasteiger partial charge in [0.25, 0.3) is 0 Å². The number of hydrogen-bond acceptors (Lipinski definition) is 4. The summed E-state index contributed by atoms with van der Waals surface area (Å²) >= 11 is 0. The van der Waals surface area contributed by atoms with Gasteiger partial charge in [0.15, 0.2) is 5.78 Å². The Hall–Kier alpha value is -2.66.